The van der Waals surface area contributed by atoms with Crippen molar-refractivity contribution < 1.29 is 24.0 Å². The second kappa shape index (κ2) is 9.46. The fourth-order valence-corrected chi connectivity index (χ4v) is 2.90. The second-order valence-corrected chi connectivity index (χ2v) is 6.56. The van der Waals surface area contributed by atoms with E-state index >= 15 is 0 Å². The number of hydrogen-bond donors (Lipinski definition) is 3. The van der Waals surface area contributed by atoms with Gasteiger partial charge in [-0.1, -0.05) is 5.16 Å². The number of aryl methyl sites for hydroxylation is 1. The molecule has 0 spiro atoms. The summed E-state index contributed by atoms with van der Waals surface area (Å²) in [7, 11) is 0. The number of thioether (sulfide) groups is 2. The van der Waals surface area contributed by atoms with E-state index in [-0.39, 0.29) is 5.75 Å². The first-order valence-corrected chi connectivity index (χ1v) is 9.31. The molecule has 1 rings (SSSR count). The van der Waals surface area contributed by atoms with Crippen molar-refractivity contribution in [2.75, 3.05) is 23.6 Å². The summed E-state index contributed by atoms with van der Waals surface area (Å²) in [6.45, 7) is 1.69. The van der Waals surface area contributed by atoms with E-state index in [1.54, 1.807) is 25.5 Å². The third-order valence-corrected chi connectivity index (χ3v) is 4.49. The van der Waals surface area contributed by atoms with Crippen LogP contribution in [0.25, 0.3) is 0 Å². The number of carbonyl (C=O) groups is 3. The summed E-state index contributed by atoms with van der Waals surface area (Å²) in [6, 6.07) is -0.412. The Hall–Kier alpha value is -1.68. The van der Waals surface area contributed by atoms with Gasteiger partial charge in [0.15, 0.2) is 5.82 Å². The molecule has 1 amide bonds. The Bertz CT molecular complexity index is 551. The molecule has 0 aliphatic rings. The zero-order valence-electron chi connectivity index (χ0n) is 12.9. The molecule has 0 saturated carbocycles. The van der Waals surface area contributed by atoms with E-state index in [0.29, 0.717) is 17.9 Å². The van der Waals surface area contributed by atoms with Crippen LogP contribution in [0.15, 0.2) is 10.6 Å². The van der Waals surface area contributed by atoms with E-state index in [2.05, 4.69) is 15.8 Å². The first kappa shape index (κ1) is 19.4. The van der Waals surface area contributed by atoms with Gasteiger partial charge in [0.2, 0.25) is 5.91 Å². The Morgan fingerprint density at radius 2 is 2.17 bits per heavy atom. The van der Waals surface area contributed by atoms with Crippen LogP contribution in [0, 0.1) is 6.92 Å². The molecule has 3 atom stereocenters. The molecule has 0 radical (unpaired) electrons. The van der Waals surface area contributed by atoms with Gasteiger partial charge in [-0.2, -0.15) is 23.5 Å². The maximum Gasteiger partial charge on any atom is 0.327 e. The normalized spacial score (nSPS) is 14.6. The zero-order valence-corrected chi connectivity index (χ0v) is 14.6. The quantitative estimate of drug-likeness (QED) is 0.515. The van der Waals surface area contributed by atoms with Crippen molar-refractivity contribution >= 4 is 47.5 Å². The highest BCUT2D eigenvalue weighted by Crippen LogP contribution is 2.16. The number of aromatic nitrogens is 1. The van der Waals surface area contributed by atoms with E-state index < -0.39 is 29.2 Å². The van der Waals surface area contributed by atoms with Gasteiger partial charge in [0.25, 0.3) is 0 Å². The van der Waals surface area contributed by atoms with Gasteiger partial charge >= 0.3 is 5.97 Å². The molecule has 3 unspecified atom stereocenters. The van der Waals surface area contributed by atoms with E-state index in [0.717, 1.165) is 0 Å². The molecule has 3 N–H and O–H groups in total. The molecular formula is C13H19N3O5S2. The molecule has 10 heteroatoms. The van der Waals surface area contributed by atoms with Crippen LogP contribution < -0.4 is 10.6 Å². The van der Waals surface area contributed by atoms with Crippen molar-refractivity contribution in [2.24, 2.45) is 0 Å². The van der Waals surface area contributed by atoms with Gasteiger partial charge in [-0.25, -0.2) is 4.79 Å². The number of aliphatic carboxylic acids is 1. The Kier molecular flexibility index (Phi) is 7.96. The van der Waals surface area contributed by atoms with Crippen LogP contribution in [-0.4, -0.2) is 64.0 Å². The number of nitrogens with one attached hydrogen (secondary N) is 2. The average molecular weight is 361 g/mol. The molecule has 0 bridgehead atoms. The number of carbonyl (C=O) groups excluding carboxylic acids is 2. The van der Waals surface area contributed by atoms with Gasteiger partial charge < -0.3 is 25.1 Å². The van der Waals surface area contributed by atoms with Crippen molar-refractivity contribution in [3.05, 3.63) is 11.8 Å². The van der Waals surface area contributed by atoms with E-state index in [1.807, 2.05) is 0 Å². The van der Waals surface area contributed by atoms with Crippen molar-refractivity contribution in [1.82, 2.24) is 10.5 Å². The Balaban J connectivity index is 2.91. The highest BCUT2D eigenvalue weighted by atomic mass is 32.2. The molecule has 0 fully saturated rings. The number of nitrogens with zero attached hydrogens (tertiary/aromatic N) is 1. The maximum atomic E-state index is 12.4. The molecule has 0 aromatic carbocycles. The second-order valence-electron chi connectivity index (χ2n) is 4.64. The molecule has 8 nitrogen and oxygen atoms in total. The third-order valence-electron chi connectivity index (χ3n) is 2.90. The minimum Gasteiger partial charge on any atom is -0.480 e. The van der Waals surface area contributed by atoms with Crippen LogP contribution in [-0.2, 0) is 14.4 Å². The van der Waals surface area contributed by atoms with E-state index in [9.17, 15) is 14.4 Å². The summed E-state index contributed by atoms with van der Waals surface area (Å²) in [4.78, 5) is 34.8. The Labute approximate surface area is 142 Å². The molecule has 1 aromatic rings. The Morgan fingerprint density at radius 1 is 1.48 bits per heavy atom. The van der Waals surface area contributed by atoms with Crippen LogP contribution in [0.2, 0.25) is 0 Å². The van der Waals surface area contributed by atoms with Crippen LogP contribution in [0.4, 0.5) is 5.82 Å². The summed E-state index contributed by atoms with van der Waals surface area (Å²) in [5.41, 5.74) is 0. The smallest absolute Gasteiger partial charge is 0.327 e. The lowest BCUT2D eigenvalue weighted by molar-refractivity contribution is -0.141. The molecular weight excluding hydrogens is 342 g/mol. The summed E-state index contributed by atoms with van der Waals surface area (Å²) in [5, 5.41) is 17.4. The topological polar surface area (TPSA) is 122 Å². The molecule has 0 aliphatic carbocycles. The number of hydrogen-bond acceptors (Lipinski definition) is 8. The monoisotopic (exact) mass is 361 g/mol. The first-order valence-electron chi connectivity index (χ1n) is 6.63. The molecule has 0 saturated heterocycles. The minimum absolute atomic E-state index is 0.224. The number of amides is 1. The van der Waals surface area contributed by atoms with Crippen molar-refractivity contribution in [3.8, 4) is 0 Å². The van der Waals surface area contributed by atoms with Gasteiger partial charge in [0, 0.05) is 11.8 Å². The predicted octanol–water partition coefficient (Wildman–Crippen LogP) is 0.626. The largest absolute Gasteiger partial charge is 0.480 e. The number of anilines is 1. The van der Waals surface area contributed by atoms with E-state index in [1.165, 1.54) is 23.5 Å². The summed E-state index contributed by atoms with van der Waals surface area (Å²) in [5.74, 6) is -0.638. The predicted molar refractivity (Wildman–Crippen MR) is 90.0 cm³/mol. The highest BCUT2D eigenvalue weighted by Gasteiger charge is 2.31. The van der Waals surface area contributed by atoms with Gasteiger partial charge in [0.05, 0.1) is 5.25 Å². The molecule has 128 valence electrons. The van der Waals surface area contributed by atoms with E-state index in [4.69, 9.17) is 9.63 Å². The summed E-state index contributed by atoms with van der Waals surface area (Å²) < 4.78 is 4.91. The van der Waals surface area contributed by atoms with Crippen molar-refractivity contribution in [2.45, 2.75) is 24.3 Å². The summed E-state index contributed by atoms with van der Waals surface area (Å²) in [6.07, 6.45) is 4.07. The number of carboxylic acid groups (broad SMARTS) is 1. The van der Waals surface area contributed by atoms with Gasteiger partial charge in [0.1, 0.15) is 24.1 Å². The fourth-order valence-electron chi connectivity index (χ4n) is 1.76. The number of rotatable bonds is 10. The molecule has 0 aliphatic heterocycles. The van der Waals surface area contributed by atoms with Crippen LogP contribution in [0.1, 0.15) is 5.76 Å². The zero-order chi connectivity index (χ0) is 17.4. The number of aldehydes is 1. The average Bonchev–Trinajstić information content (AvgIpc) is 2.92. The summed E-state index contributed by atoms with van der Waals surface area (Å²) >= 11 is 2.48. The molecule has 1 heterocycles. The number of carboxylic acids is 1. The van der Waals surface area contributed by atoms with Crippen molar-refractivity contribution in [1.29, 1.82) is 0 Å². The van der Waals surface area contributed by atoms with Gasteiger partial charge in [-0.05, 0) is 19.4 Å². The van der Waals surface area contributed by atoms with Gasteiger partial charge in [-0.3, -0.25) is 4.79 Å². The van der Waals surface area contributed by atoms with Crippen molar-refractivity contribution in [3.63, 3.8) is 0 Å². The van der Waals surface area contributed by atoms with Crippen LogP contribution >= 0.6 is 23.5 Å². The first-order chi connectivity index (χ1) is 10.9. The standard InChI is InChI=1S/C13H19N3O5S2/c1-7-4-10(16-21-7)15-11(9(5-17)23-3)12(18)14-8(6-22-2)13(19)20/h4-5,8-9,11H,6H2,1-3H3,(H,14,18)(H,15,16)(H,19,20). The van der Waals surface area contributed by atoms with Crippen LogP contribution in [0.3, 0.4) is 0 Å². The lowest BCUT2D eigenvalue weighted by Gasteiger charge is -2.23. The fraction of sp³-hybridized carbons (Fsp3) is 0.538. The van der Waals surface area contributed by atoms with Crippen LogP contribution in [0.5, 0.6) is 0 Å². The Morgan fingerprint density at radius 3 is 2.61 bits per heavy atom. The molecule has 1 aromatic heterocycles. The highest BCUT2D eigenvalue weighted by molar-refractivity contribution is 8.00. The lowest BCUT2D eigenvalue weighted by Crippen LogP contribution is -2.52. The molecule has 23 heavy (non-hydrogen) atoms. The minimum atomic E-state index is -1.13. The lowest BCUT2D eigenvalue weighted by atomic mass is 10.1. The SMILES string of the molecule is CSCC(NC(=O)C(Nc1cc(C)on1)C(C=O)SC)C(=O)O. The maximum absolute atomic E-state index is 12.4. The van der Waals surface area contributed by atoms with Gasteiger partial charge in [-0.15, -0.1) is 0 Å². The third kappa shape index (κ3) is 5.79.